The molecule has 3 aromatic rings. The van der Waals surface area contributed by atoms with Crippen molar-refractivity contribution in [2.24, 2.45) is 0 Å². The highest BCUT2D eigenvalue weighted by molar-refractivity contribution is 5.78. The zero-order valence-electron chi connectivity index (χ0n) is 18.7. The second-order valence-corrected chi connectivity index (χ2v) is 8.94. The number of hydrogen-bond acceptors (Lipinski definition) is 2. The first-order valence-corrected chi connectivity index (χ1v) is 11.7. The summed E-state index contributed by atoms with van der Waals surface area (Å²) in [6, 6.07) is 26.9. The van der Waals surface area contributed by atoms with Crippen LogP contribution in [0.3, 0.4) is 0 Å². The summed E-state index contributed by atoms with van der Waals surface area (Å²) < 4.78 is 0. The van der Waals surface area contributed by atoms with Gasteiger partial charge < -0.3 is 15.1 Å². The predicted octanol–water partition coefficient (Wildman–Crippen LogP) is 4.67. The zero-order valence-corrected chi connectivity index (χ0v) is 18.7. The Labute approximate surface area is 195 Å². The summed E-state index contributed by atoms with van der Waals surface area (Å²) in [7, 11) is 0. The van der Waals surface area contributed by atoms with Crippen LogP contribution in [0.2, 0.25) is 0 Å². The SMILES string of the molecule is O=C1CCCN1Cc1cccc(CNC(=O)N2Cc3ccccc3C(c3ccccc3)C2)c1. The Bertz CT molecular complexity index is 1140. The van der Waals surface area contributed by atoms with Crippen LogP contribution >= 0.6 is 0 Å². The number of carbonyl (C=O) groups is 2. The number of amides is 3. The first-order chi connectivity index (χ1) is 16.2. The lowest BCUT2D eigenvalue weighted by atomic mass is 9.85. The molecular formula is C28H29N3O2. The van der Waals surface area contributed by atoms with E-state index in [4.69, 9.17) is 0 Å². The van der Waals surface area contributed by atoms with Crippen LogP contribution in [-0.2, 0) is 24.4 Å². The van der Waals surface area contributed by atoms with Gasteiger partial charge in [0, 0.05) is 45.1 Å². The topological polar surface area (TPSA) is 52.7 Å². The van der Waals surface area contributed by atoms with E-state index in [9.17, 15) is 9.59 Å². The molecule has 0 aliphatic carbocycles. The summed E-state index contributed by atoms with van der Waals surface area (Å²) in [4.78, 5) is 28.9. The van der Waals surface area contributed by atoms with E-state index in [-0.39, 0.29) is 17.9 Å². The second kappa shape index (κ2) is 9.49. The van der Waals surface area contributed by atoms with Gasteiger partial charge in [-0.15, -0.1) is 0 Å². The van der Waals surface area contributed by atoms with Gasteiger partial charge in [-0.2, -0.15) is 0 Å². The minimum Gasteiger partial charge on any atom is -0.338 e. The van der Waals surface area contributed by atoms with Gasteiger partial charge in [0.1, 0.15) is 0 Å². The van der Waals surface area contributed by atoms with Crippen molar-refractivity contribution in [3.63, 3.8) is 0 Å². The average Bonchev–Trinajstić information content (AvgIpc) is 3.26. The van der Waals surface area contributed by atoms with Crippen molar-refractivity contribution in [1.29, 1.82) is 0 Å². The Morgan fingerprint density at radius 3 is 2.55 bits per heavy atom. The summed E-state index contributed by atoms with van der Waals surface area (Å²) in [5.74, 6) is 0.398. The first-order valence-electron chi connectivity index (χ1n) is 11.7. The first kappa shape index (κ1) is 21.3. The smallest absolute Gasteiger partial charge is 0.317 e. The fourth-order valence-corrected chi connectivity index (χ4v) is 4.95. The molecule has 1 atom stereocenters. The van der Waals surface area contributed by atoms with E-state index >= 15 is 0 Å². The molecule has 1 fully saturated rings. The van der Waals surface area contributed by atoms with Gasteiger partial charge in [-0.25, -0.2) is 4.79 Å². The highest BCUT2D eigenvalue weighted by Gasteiger charge is 2.29. The molecule has 2 aliphatic rings. The lowest BCUT2D eigenvalue weighted by Gasteiger charge is -2.35. The van der Waals surface area contributed by atoms with Gasteiger partial charge in [-0.3, -0.25) is 4.79 Å². The fraction of sp³-hybridized carbons (Fsp3) is 0.286. The molecule has 0 radical (unpaired) electrons. The Hall–Kier alpha value is -3.60. The lowest BCUT2D eigenvalue weighted by molar-refractivity contribution is -0.128. The Kier molecular flexibility index (Phi) is 6.11. The van der Waals surface area contributed by atoms with Crippen LogP contribution < -0.4 is 5.32 Å². The normalized spacial score (nSPS) is 17.7. The summed E-state index contributed by atoms with van der Waals surface area (Å²) in [6.07, 6.45) is 1.59. The number of nitrogens with zero attached hydrogens (tertiary/aromatic N) is 2. The number of fused-ring (bicyclic) bond motifs is 1. The third-order valence-electron chi connectivity index (χ3n) is 6.66. The van der Waals surface area contributed by atoms with Crippen molar-refractivity contribution >= 4 is 11.9 Å². The van der Waals surface area contributed by atoms with Gasteiger partial charge in [-0.05, 0) is 34.2 Å². The standard InChI is InChI=1S/C28H29N3O2/c32-27-14-7-15-30(27)18-22-9-6-8-21(16-22)17-29-28(33)31-19-24-12-4-5-13-25(24)26(20-31)23-10-2-1-3-11-23/h1-6,8-13,16,26H,7,14-15,17-20H2,(H,29,33). The van der Waals surface area contributed by atoms with Crippen molar-refractivity contribution in [3.05, 3.63) is 107 Å². The number of hydrogen-bond donors (Lipinski definition) is 1. The van der Waals surface area contributed by atoms with E-state index < -0.39 is 0 Å². The molecule has 3 amide bonds. The van der Waals surface area contributed by atoms with Crippen LogP contribution in [0.25, 0.3) is 0 Å². The third kappa shape index (κ3) is 4.77. The van der Waals surface area contributed by atoms with Gasteiger partial charge in [-0.1, -0.05) is 78.9 Å². The molecule has 3 aromatic carbocycles. The highest BCUT2D eigenvalue weighted by atomic mass is 16.2. The molecule has 2 aliphatic heterocycles. The van der Waals surface area contributed by atoms with Gasteiger partial charge in [0.25, 0.3) is 0 Å². The van der Waals surface area contributed by atoms with Crippen LogP contribution in [-0.4, -0.2) is 34.8 Å². The molecule has 0 aromatic heterocycles. The maximum atomic E-state index is 13.1. The quantitative estimate of drug-likeness (QED) is 0.628. The molecule has 0 bridgehead atoms. The third-order valence-corrected chi connectivity index (χ3v) is 6.66. The number of benzene rings is 3. The van der Waals surface area contributed by atoms with E-state index in [1.165, 1.54) is 16.7 Å². The molecule has 5 rings (SSSR count). The van der Waals surface area contributed by atoms with Crippen LogP contribution in [0.5, 0.6) is 0 Å². The van der Waals surface area contributed by atoms with Gasteiger partial charge in [0.05, 0.1) is 0 Å². The van der Waals surface area contributed by atoms with Crippen LogP contribution in [0.1, 0.15) is 46.6 Å². The van der Waals surface area contributed by atoms with Crippen molar-refractivity contribution in [2.75, 3.05) is 13.1 Å². The second-order valence-electron chi connectivity index (χ2n) is 8.94. The number of carbonyl (C=O) groups excluding carboxylic acids is 2. The number of nitrogens with one attached hydrogen (secondary N) is 1. The van der Waals surface area contributed by atoms with E-state index in [2.05, 4.69) is 53.8 Å². The molecule has 33 heavy (non-hydrogen) atoms. The van der Waals surface area contributed by atoms with Crippen molar-refractivity contribution in [1.82, 2.24) is 15.1 Å². The van der Waals surface area contributed by atoms with Gasteiger partial charge in [0.2, 0.25) is 5.91 Å². The van der Waals surface area contributed by atoms with Crippen molar-refractivity contribution in [3.8, 4) is 0 Å². The molecular weight excluding hydrogens is 410 g/mol. The largest absolute Gasteiger partial charge is 0.338 e. The van der Waals surface area contributed by atoms with E-state index in [0.29, 0.717) is 32.6 Å². The number of rotatable bonds is 5. The van der Waals surface area contributed by atoms with Crippen LogP contribution in [0, 0.1) is 0 Å². The molecule has 1 saturated heterocycles. The Balaban J connectivity index is 1.26. The van der Waals surface area contributed by atoms with E-state index in [1.54, 1.807) is 0 Å². The maximum Gasteiger partial charge on any atom is 0.317 e. The van der Waals surface area contributed by atoms with Crippen LogP contribution in [0.15, 0.2) is 78.9 Å². The van der Waals surface area contributed by atoms with Gasteiger partial charge in [0.15, 0.2) is 0 Å². The minimum atomic E-state index is -0.0504. The van der Waals surface area contributed by atoms with E-state index in [1.807, 2.05) is 40.1 Å². The van der Waals surface area contributed by atoms with Gasteiger partial charge >= 0.3 is 6.03 Å². The fourth-order valence-electron chi connectivity index (χ4n) is 4.95. The summed E-state index contributed by atoms with van der Waals surface area (Å²) in [5, 5.41) is 3.11. The minimum absolute atomic E-state index is 0.0504. The molecule has 5 nitrogen and oxygen atoms in total. The summed E-state index contributed by atoms with van der Waals surface area (Å²) in [6.45, 7) is 3.21. The van der Waals surface area contributed by atoms with E-state index in [0.717, 1.165) is 24.1 Å². The van der Waals surface area contributed by atoms with Crippen LogP contribution in [0.4, 0.5) is 4.79 Å². The average molecular weight is 440 g/mol. The summed E-state index contributed by atoms with van der Waals surface area (Å²) >= 11 is 0. The predicted molar refractivity (Wildman–Crippen MR) is 128 cm³/mol. The number of urea groups is 1. The lowest BCUT2D eigenvalue weighted by Crippen LogP contribution is -2.44. The molecule has 0 saturated carbocycles. The molecule has 2 heterocycles. The Morgan fingerprint density at radius 2 is 1.73 bits per heavy atom. The molecule has 0 spiro atoms. The molecule has 5 heteroatoms. The zero-order chi connectivity index (χ0) is 22.6. The monoisotopic (exact) mass is 439 g/mol. The molecule has 1 N–H and O–H groups in total. The van der Waals surface area contributed by atoms with Crippen molar-refractivity contribution in [2.45, 2.75) is 38.4 Å². The highest BCUT2D eigenvalue weighted by Crippen LogP contribution is 2.33. The summed E-state index contributed by atoms with van der Waals surface area (Å²) in [5.41, 5.74) is 5.88. The maximum absolute atomic E-state index is 13.1. The molecule has 168 valence electrons. The molecule has 1 unspecified atom stereocenters. The Morgan fingerprint density at radius 1 is 0.939 bits per heavy atom. The number of likely N-dealkylation sites (tertiary alicyclic amines) is 1. The van der Waals surface area contributed by atoms with Crippen molar-refractivity contribution < 1.29 is 9.59 Å².